The molecule has 2 aliphatic heterocycles. The number of aryl methyl sites for hydroxylation is 1. The lowest BCUT2D eigenvalue weighted by molar-refractivity contribution is -0.122. The van der Waals surface area contributed by atoms with Crippen LogP contribution in [0.25, 0.3) is 0 Å². The number of H-pyrrole nitrogens is 1. The lowest BCUT2D eigenvalue weighted by atomic mass is 9.83. The number of aromatic amines is 1. The van der Waals surface area contributed by atoms with Crippen molar-refractivity contribution in [1.29, 1.82) is 0 Å². The highest BCUT2D eigenvalue weighted by Crippen LogP contribution is 2.53. The van der Waals surface area contributed by atoms with E-state index < -0.39 is 17.1 Å². The Morgan fingerprint density at radius 1 is 0.974 bits per heavy atom. The number of anilines is 2. The standard InChI is InChI=1S/C29H23N3O5S2/c1-16-8-5-6-13-20(16)30-21(33)15-37-19-12-7-9-17(14-19)22-23-25(38-26-24(22)39-29(36)31-26)28(35)32(27(23)34)18-10-3-2-4-11-18/h2-14,22-23,25H,15H2,1H3,(H,30,33)(H,31,36). The van der Waals surface area contributed by atoms with E-state index >= 15 is 0 Å². The molecule has 1 aromatic heterocycles. The van der Waals surface area contributed by atoms with Crippen molar-refractivity contribution in [3.63, 3.8) is 0 Å². The fourth-order valence-corrected chi connectivity index (χ4v) is 7.57. The second-order valence-electron chi connectivity index (χ2n) is 9.32. The summed E-state index contributed by atoms with van der Waals surface area (Å²) >= 11 is 2.29. The molecule has 0 aliphatic carbocycles. The molecule has 0 radical (unpaired) electrons. The molecule has 6 rings (SSSR count). The number of aromatic nitrogens is 1. The van der Waals surface area contributed by atoms with E-state index in [4.69, 9.17) is 4.74 Å². The number of thioether (sulfide) groups is 1. The lowest BCUT2D eigenvalue weighted by Crippen LogP contribution is -2.32. The summed E-state index contributed by atoms with van der Waals surface area (Å²) in [6.45, 7) is 1.71. The molecule has 4 aromatic rings. The van der Waals surface area contributed by atoms with E-state index in [2.05, 4.69) is 10.3 Å². The summed E-state index contributed by atoms with van der Waals surface area (Å²) in [7, 11) is 0. The number of benzene rings is 3. The first-order chi connectivity index (χ1) is 18.9. The first kappa shape index (κ1) is 25.1. The van der Waals surface area contributed by atoms with Gasteiger partial charge in [-0.1, -0.05) is 71.6 Å². The maximum Gasteiger partial charge on any atom is 0.305 e. The van der Waals surface area contributed by atoms with Crippen LogP contribution >= 0.6 is 23.1 Å². The van der Waals surface area contributed by atoms with Crippen molar-refractivity contribution >= 4 is 52.2 Å². The summed E-state index contributed by atoms with van der Waals surface area (Å²) in [5, 5.41) is 2.78. The second kappa shape index (κ2) is 10.2. The Balaban J connectivity index is 1.29. The zero-order chi connectivity index (χ0) is 27.1. The molecule has 3 atom stereocenters. The first-order valence-corrected chi connectivity index (χ1v) is 14.0. The Kier molecular flexibility index (Phi) is 6.58. The molecule has 196 valence electrons. The zero-order valence-electron chi connectivity index (χ0n) is 20.7. The molecule has 10 heteroatoms. The van der Waals surface area contributed by atoms with Crippen molar-refractivity contribution in [3.05, 3.63) is 105 Å². The molecule has 0 bridgehead atoms. The minimum atomic E-state index is -0.693. The maximum absolute atomic E-state index is 13.8. The fourth-order valence-electron chi connectivity index (χ4n) is 5.05. The van der Waals surface area contributed by atoms with Gasteiger partial charge in [0.25, 0.3) is 5.91 Å². The Labute approximate surface area is 232 Å². The van der Waals surface area contributed by atoms with Crippen LogP contribution in [0.15, 0.2) is 88.7 Å². The van der Waals surface area contributed by atoms with Crippen LogP contribution in [-0.4, -0.2) is 34.6 Å². The minimum Gasteiger partial charge on any atom is -0.484 e. The van der Waals surface area contributed by atoms with E-state index in [-0.39, 0.29) is 29.2 Å². The first-order valence-electron chi connectivity index (χ1n) is 12.3. The third kappa shape index (κ3) is 4.66. The van der Waals surface area contributed by atoms with E-state index in [1.165, 1.54) is 16.7 Å². The quantitative estimate of drug-likeness (QED) is 0.337. The summed E-state index contributed by atoms with van der Waals surface area (Å²) in [5.74, 6) is -1.67. The van der Waals surface area contributed by atoms with Crippen LogP contribution in [0, 0.1) is 12.8 Å². The third-order valence-corrected chi connectivity index (χ3v) is 9.25. The predicted octanol–water partition coefficient (Wildman–Crippen LogP) is 4.56. The summed E-state index contributed by atoms with van der Waals surface area (Å²) in [6, 6.07) is 23.5. The van der Waals surface area contributed by atoms with Crippen LogP contribution in [0.5, 0.6) is 5.75 Å². The summed E-state index contributed by atoms with van der Waals surface area (Å²) in [6.07, 6.45) is 0. The molecule has 0 spiro atoms. The lowest BCUT2D eigenvalue weighted by Gasteiger charge is -2.30. The molecule has 3 aromatic carbocycles. The van der Waals surface area contributed by atoms with Crippen molar-refractivity contribution in [2.45, 2.75) is 23.1 Å². The van der Waals surface area contributed by atoms with Crippen LogP contribution in [0.3, 0.4) is 0 Å². The molecule has 8 nitrogen and oxygen atoms in total. The number of nitrogens with zero attached hydrogens (tertiary/aromatic N) is 1. The monoisotopic (exact) mass is 557 g/mol. The van der Waals surface area contributed by atoms with E-state index in [1.54, 1.807) is 42.5 Å². The van der Waals surface area contributed by atoms with Crippen LogP contribution in [-0.2, 0) is 14.4 Å². The number of carbonyl (C=O) groups is 3. The molecule has 1 fully saturated rings. The molecule has 3 heterocycles. The maximum atomic E-state index is 13.8. The largest absolute Gasteiger partial charge is 0.484 e. The van der Waals surface area contributed by atoms with E-state index in [9.17, 15) is 19.2 Å². The number of rotatable bonds is 6. The van der Waals surface area contributed by atoms with Crippen molar-refractivity contribution in [2.75, 3.05) is 16.8 Å². The molecule has 2 aliphatic rings. The number of amides is 3. The van der Waals surface area contributed by atoms with Crippen LogP contribution in [0.1, 0.15) is 21.9 Å². The number of carbonyl (C=O) groups excluding carboxylic acids is 3. The van der Waals surface area contributed by atoms with E-state index in [0.29, 0.717) is 22.2 Å². The Morgan fingerprint density at radius 3 is 2.54 bits per heavy atom. The van der Waals surface area contributed by atoms with Crippen LogP contribution < -0.4 is 19.8 Å². The molecule has 1 saturated heterocycles. The van der Waals surface area contributed by atoms with Gasteiger partial charge < -0.3 is 15.0 Å². The predicted molar refractivity (Wildman–Crippen MR) is 151 cm³/mol. The molecular formula is C29H23N3O5S2. The number of hydrogen-bond donors (Lipinski definition) is 2. The fraction of sp³-hybridized carbons (Fsp3) is 0.172. The number of ether oxygens (including phenoxy) is 1. The zero-order valence-corrected chi connectivity index (χ0v) is 22.4. The Morgan fingerprint density at radius 2 is 1.74 bits per heavy atom. The van der Waals surface area contributed by atoms with Gasteiger partial charge in [-0.05, 0) is 48.4 Å². The average Bonchev–Trinajstić information content (AvgIpc) is 3.43. The average molecular weight is 558 g/mol. The summed E-state index contributed by atoms with van der Waals surface area (Å²) in [5.41, 5.74) is 2.91. The highest BCUT2D eigenvalue weighted by molar-refractivity contribution is 8.00. The number of fused-ring (bicyclic) bond motifs is 2. The van der Waals surface area contributed by atoms with Crippen LogP contribution in [0.2, 0.25) is 0 Å². The van der Waals surface area contributed by atoms with Gasteiger partial charge in [-0.25, -0.2) is 4.90 Å². The highest BCUT2D eigenvalue weighted by Gasteiger charge is 2.56. The molecule has 0 saturated carbocycles. The number of hydrogen-bond acceptors (Lipinski definition) is 7. The number of imide groups is 1. The Bertz CT molecular complexity index is 1650. The van der Waals surface area contributed by atoms with Gasteiger partial charge in [0.1, 0.15) is 11.0 Å². The highest BCUT2D eigenvalue weighted by atomic mass is 32.2. The molecule has 3 unspecified atom stereocenters. The van der Waals surface area contributed by atoms with Gasteiger partial charge in [0.15, 0.2) is 6.61 Å². The summed E-state index contributed by atoms with van der Waals surface area (Å²) < 4.78 is 5.81. The molecular weight excluding hydrogens is 534 g/mol. The van der Waals surface area contributed by atoms with Crippen molar-refractivity contribution < 1.29 is 19.1 Å². The van der Waals surface area contributed by atoms with Gasteiger partial charge >= 0.3 is 4.87 Å². The second-order valence-corrected chi connectivity index (χ2v) is 11.5. The van der Waals surface area contributed by atoms with Crippen molar-refractivity contribution in [1.82, 2.24) is 4.98 Å². The normalized spacial score (nSPS) is 19.9. The minimum absolute atomic E-state index is 0.202. The van der Waals surface area contributed by atoms with Gasteiger partial charge in [-0.15, -0.1) is 0 Å². The number of para-hydroxylation sites is 2. The van der Waals surface area contributed by atoms with Gasteiger partial charge in [-0.2, -0.15) is 0 Å². The summed E-state index contributed by atoms with van der Waals surface area (Å²) in [4.78, 5) is 56.7. The van der Waals surface area contributed by atoms with Crippen molar-refractivity contribution in [3.8, 4) is 5.75 Å². The van der Waals surface area contributed by atoms with Crippen molar-refractivity contribution in [2.24, 2.45) is 5.92 Å². The Hall–Kier alpha value is -4.15. The van der Waals surface area contributed by atoms with E-state index in [0.717, 1.165) is 27.3 Å². The van der Waals surface area contributed by atoms with Gasteiger partial charge in [0.05, 0.1) is 16.6 Å². The van der Waals surface area contributed by atoms with Gasteiger partial charge in [-0.3, -0.25) is 19.2 Å². The van der Waals surface area contributed by atoms with E-state index in [1.807, 2.05) is 43.3 Å². The van der Waals surface area contributed by atoms with Gasteiger partial charge in [0.2, 0.25) is 11.8 Å². The number of nitrogens with one attached hydrogen (secondary N) is 2. The topological polar surface area (TPSA) is 109 Å². The smallest absolute Gasteiger partial charge is 0.305 e. The van der Waals surface area contributed by atoms with Crippen LogP contribution in [0.4, 0.5) is 11.4 Å². The number of thiazole rings is 1. The molecule has 39 heavy (non-hydrogen) atoms. The third-order valence-electron chi connectivity index (χ3n) is 6.84. The van der Waals surface area contributed by atoms with Gasteiger partial charge in [0, 0.05) is 16.5 Å². The molecule has 3 amide bonds. The SMILES string of the molecule is Cc1ccccc1NC(=O)COc1cccc(C2c3sc(=O)[nH]c3SC3C(=O)N(c4ccccc4)C(=O)C32)c1. The molecule has 2 N–H and O–H groups in total.